The average Bonchev–Trinajstić information content (AvgIpc) is 2.77. The van der Waals surface area contributed by atoms with Crippen LogP contribution in [0.25, 0.3) is 10.9 Å². The summed E-state index contributed by atoms with van der Waals surface area (Å²) >= 11 is 0. The van der Waals surface area contributed by atoms with Gasteiger partial charge in [0.05, 0.1) is 0 Å². The van der Waals surface area contributed by atoms with Gasteiger partial charge >= 0.3 is 0 Å². The molecule has 0 fully saturated rings. The molecule has 2 heteroatoms. The molecule has 0 saturated carbocycles. The number of carbonyl (C=O) groups is 1. The van der Waals surface area contributed by atoms with Crippen molar-refractivity contribution in [3.05, 3.63) is 71.4 Å². The number of aryl methyl sites for hydroxylation is 1. The summed E-state index contributed by atoms with van der Waals surface area (Å²) in [6, 6.07) is 16.2. The van der Waals surface area contributed by atoms with Crippen molar-refractivity contribution in [3.63, 3.8) is 0 Å². The third-order valence-electron chi connectivity index (χ3n) is 3.45. The molecule has 0 aliphatic carbocycles. The summed E-state index contributed by atoms with van der Waals surface area (Å²) in [5, 5.41) is 1.06. The molecule has 3 rings (SSSR count). The fourth-order valence-electron chi connectivity index (χ4n) is 2.60. The molecule has 0 amide bonds. The Balaban J connectivity index is 2.13. The lowest BCUT2D eigenvalue weighted by Crippen LogP contribution is -1.97. The summed E-state index contributed by atoms with van der Waals surface area (Å²) in [4.78, 5) is 11.1. The number of hydrogen-bond donors (Lipinski definition) is 0. The molecule has 1 aromatic heterocycles. The third kappa shape index (κ3) is 2.06. The van der Waals surface area contributed by atoms with Gasteiger partial charge in [-0.05, 0) is 24.1 Å². The Bertz CT molecular complexity index is 726. The molecule has 0 atom stereocenters. The van der Waals surface area contributed by atoms with Crippen molar-refractivity contribution in [3.8, 4) is 0 Å². The van der Waals surface area contributed by atoms with E-state index in [1.54, 1.807) is 0 Å². The molecule has 0 aliphatic heterocycles. The standard InChI is InChI=1S/C17H15NO/c1-13-10-18(11-14-6-3-2-4-7-14)16-9-5-8-15(12-19)17(13)16/h2-10,12H,11H2,1H3. The minimum Gasteiger partial charge on any atom is -0.343 e. The number of hydrogen-bond acceptors (Lipinski definition) is 1. The maximum absolute atomic E-state index is 11.1. The maximum Gasteiger partial charge on any atom is 0.150 e. The molecule has 2 aromatic carbocycles. The van der Waals surface area contributed by atoms with Gasteiger partial charge in [-0.3, -0.25) is 4.79 Å². The van der Waals surface area contributed by atoms with E-state index in [0.29, 0.717) is 0 Å². The molecular formula is C17H15NO. The van der Waals surface area contributed by atoms with Crippen LogP contribution in [-0.4, -0.2) is 10.9 Å². The monoisotopic (exact) mass is 249 g/mol. The summed E-state index contributed by atoms with van der Waals surface area (Å²) in [6.07, 6.45) is 3.05. The topological polar surface area (TPSA) is 22.0 Å². The smallest absolute Gasteiger partial charge is 0.150 e. The molecule has 1 heterocycles. The highest BCUT2D eigenvalue weighted by atomic mass is 16.1. The van der Waals surface area contributed by atoms with Crippen LogP contribution in [0.4, 0.5) is 0 Å². The third-order valence-corrected chi connectivity index (χ3v) is 3.45. The molecule has 0 spiro atoms. The SMILES string of the molecule is Cc1cn(Cc2ccccc2)c2cccc(C=O)c12. The zero-order chi connectivity index (χ0) is 13.2. The second-order valence-electron chi connectivity index (χ2n) is 4.78. The molecule has 0 unspecified atom stereocenters. The number of carbonyl (C=O) groups excluding carboxylic acids is 1. The van der Waals surface area contributed by atoms with E-state index in [0.717, 1.165) is 34.9 Å². The first-order chi connectivity index (χ1) is 9.29. The van der Waals surface area contributed by atoms with Gasteiger partial charge in [-0.25, -0.2) is 0 Å². The molecule has 19 heavy (non-hydrogen) atoms. The van der Waals surface area contributed by atoms with E-state index in [2.05, 4.69) is 35.9 Å². The van der Waals surface area contributed by atoms with Crippen molar-refractivity contribution in [1.29, 1.82) is 0 Å². The largest absolute Gasteiger partial charge is 0.343 e. The summed E-state index contributed by atoms with van der Waals surface area (Å²) in [5.41, 5.74) is 4.29. The number of nitrogens with zero attached hydrogens (tertiary/aromatic N) is 1. The van der Waals surface area contributed by atoms with Gasteiger partial charge in [-0.1, -0.05) is 42.5 Å². The minimum atomic E-state index is 0.766. The van der Waals surface area contributed by atoms with E-state index in [-0.39, 0.29) is 0 Å². The minimum absolute atomic E-state index is 0.766. The van der Waals surface area contributed by atoms with Crippen LogP contribution in [0.5, 0.6) is 0 Å². The number of benzene rings is 2. The molecule has 94 valence electrons. The normalized spacial score (nSPS) is 10.8. The Morgan fingerprint density at radius 1 is 1.05 bits per heavy atom. The van der Waals surface area contributed by atoms with Gasteiger partial charge in [0.25, 0.3) is 0 Å². The second kappa shape index (κ2) is 4.73. The van der Waals surface area contributed by atoms with Gasteiger partial charge < -0.3 is 4.57 Å². The zero-order valence-corrected chi connectivity index (χ0v) is 10.8. The van der Waals surface area contributed by atoms with Crippen LogP contribution in [0.1, 0.15) is 21.5 Å². The van der Waals surface area contributed by atoms with Crippen molar-refractivity contribution < 1.29 is 4.79 Å². The zero-order valence-electron chi connectivity index (χ0n) is 10.8. The molecule has 0 aliphatic rings. The molecule has 0 bridgehead atoms. The van der Waals surface area contributed by atoms with Crippen molar-refractivity contribution in [2.24, 2.45) is 0 Å². The lowest BCUT2D eigenvalue weighted by Gasteiger charge is -2.05. The van der Waals surface area contributed by atoms with Gasteiger partial charge in [0.2, 0.25) is 0 Å². The first kappa shape index (κ1) is 11.7. The van der Waals surface area contributed by atoms with E-state index in [1.807, 2.05) is 30.3 Å². The Hall–Kier alpha value is -2.35. The summed E-state index contributed by atoms with van der Waals surface area (Å²) in [7, 11) is 0. The molecule has 2 nitrogen and oxygen atoms in total. The Morgan fingerprint density at radius 3 is 2.58 bits per heavy atom. The van der Waals surface area contributed by atoms with Crippen molar-refractivity contribution in [2.45, 2.75) is 13.5 Å². The quantitative estimate of drug-likeness (QED) is 0.647. The molecule has 3 aromatic rings. The van der Waals surface area contributed by atoms with Crippen LogP contribution in [0.3, 0.4) is 0 Å². The van der Waals surface area contributed by atoms with E-state index in [9.17, 15) is 4.79 Å². The fraction of sp³-hybridized carbons (Fsp3) is 0.118. The first-order valence-electron chi connectivity index (χ1n) is 6.37. The number of aromatic nitrogens is 1. The van der Waals surface area contributed by atoms with E-state index in [4.69, 9.17) is 0 Å². The molecule has 0 saturated heterocycles. The van der Waals surface area contributed by atoms with E-state index in [1.165, 1.54) is 5.56 Å². The predicted molar refractivity (Wildman–Crippen MR) is 77.6 cm³/mol. The van der Waals surface area contributed by atoms with Crippen molar-refractivity contribution >= 4 is 17.2 Å². The Morgan fingerprint density at radius 2 is 1.84 bits per heavy atom. The maximum atomic E-state index is 11.1. The summed E-state index contributed by atoms with van der Waals surface area (Å²) in [5.74, 6) is 0. The van der Waals surface area contributed by atoms with Crippen molar-refractivity contribution in [1.82, 2.24) is 4.57 Å². The predicted octanol–water partition coefficient (Wildman–Crippen LogP) is 3.81. The lowest BCUT2D eigenvalue weighted by atomic mass is 10.1. The Kier molecular flexibility index (Phi) is 2.92. The highest BCUT2D eigenvalue weighted by molar-refractivity contribution is 5.99. The highest BCUT2D eigenvalue weighted by Gasteiger charge is 2.09. The van der Waals surface area contributed by atoms with Crippen LogP contribution in [0.15, 0.2) is 54.7 Å². The number of rotatable bonds is 3. The highest BCUT2D eigenvalue weighted by Crippen LogP contribution is 2.24. The van der Waals surface area contributed by atoms with Crippen LogP contribution in [0, 0.1) is 6.92 Å². The van der Waals surface area contributed by atoms with Crippen LogP contribution < -0.4 is 0 Å². The van der Waals surface area contributed by atoms with Crippen LogP contribution in [0.2, 0.25) is 0 Å². The first-order valence-corrected chi connectivity index (χ1v) is 6.37. The van der Waals surface area contributed by atoms with Gasteiger partial charge in [0, 0.05) is 29.2 Å². The lowest BCUT2D eigenvalue weighted by molar-refractivity contribution is 0.112. The van der Waals surface area contributed by atoms with Gasteiger partial charge in [-0.15, -0.1) is 0 Å². The summed E-state index contributed by atoms with van der Waals surface area (Å²) < 4.78 is 2.20. The average molecular weight is 249 g/mol. The number of aldehydes is 1. The molecule has 0 radical (unpaired) electrons. The van der Waals surface area contributed by atoms with Crippen LogP contribution >= 0.6 is 0 Å². The van der Waals surface area contributed by atoms with E-state index < -0.39 is 0 Å². The fourth-order valence-corrected chi connectivity index (χ4v) is 2.60. The number of fused-ring (bicyclic) bond motifs is 1. The van der Waals surface area contributed by atoms with E-state index >= 15 is 0 Å². The van der Waals surface area contributed by atoms with Crippen LogP contribution in [-0.2, 0) is 6.54 Å². The van der Waals surface area contributed by atoms with Gasteiger partial charge in [0.1, 0.15) is 0 Å². The second-order valence-corrected chi connectivity index (χ2v) is 4.78. The summed E-state index contributed by atoms with van der Waals surface area (Å²) in [6.45, 7) is 2.88. The Labute approximate surface area is 112 Å². The molecule has 0 N–H and O–H groups in total. The van der Waals surface area contributed by atoms with Crippen molar-refractivity contribution in [2.75, 3.05) is 0 Å². The molecular weight excluding hydrogens is 234 g/mol. The van der Waals surface area contributed by atoms with Gasteiger partial charge in [-0.2, -0.15) is 0 Å². The van der Waals surface area contributed by atoms with Gasteiger partial charge in [0.15, 0.2) is 6.29 Å².